The zero-order chi connectivity index (χ0) is 42.8. The molecule has 58 heavy (non-hydrogen) atoms. The third-order valence-corrected chi connectivity index (χ3v) is 11.5. The Kier molecular flexibility index (Phi) is 39.8. The molecular formula is C49H94N2O6P+. The van der Waals surface area contributed by atoms with Gasteiger partial charge in [-0.3, -0.25) is 13.8 Å². The summed E-state index contributed by atoms with van der Waals surface area (Å²) in [7, 11) is 1.54. The van der Waals surface area contributed by atoms with Crippen LogP contribution in [-0.4, -0.2) is 73.4 Å². The minimum atomic E-state index is -4.35. The van der Waals surface area contributed by atoms with Gasteiger partial charge in [-0.1, -0.05) is 184 Å². The average molecular weight is 838 g/mol. The van der Waals surface area contributed by atoms with E-state index in [1.54, 1.807) is 6.08 Å². The number of amides is 1. The monoisotopic (exact) mass is 838 g/mol. The Hall–Kier alpha value is -1.54. The quantitative estimate of drug-likeness (QED) is 0.0244. The summed E-state index contributed by atoms with van der Waals surface area (Å²) in [6.07, 6.45) is 52.1. The van der Waals surface area contributed by atoms with Crippen LogP contribution in [-0.2, 0) is 18.4 Å². The first kappa shape index (κ1) is 56.5. The zero-order valence-corrected chi connectivity index (χ0v) is 39.4. The van der Waals surface area contributed by atoms with Crippen molar-refractivity contribution in [1.82, 2.24) is 5.32 Å². The van der Waals surface area contributed by atoms with Crippen molar-refractivity contribution in [3.05, 3.63) is 48.6 Å². The van der Waals surface area contributed by atoms with Crippen LogP contribution in [0.15, 0.2) is 48.6 Å². The van der Waals surface area contributed by atoms with Crippen molar-refractivity contribution in [2.45, 2.75) is 219 Å². The van der Waals surface area contributed by atoms with Crippen molar-refractivity contribution in [3.63, 3.8) is 0 Å². The van der Waals surface area contributed by atoms with Gasteiger partial charge in [0.05, 0.1) is 39.9 Å². The maximum absolute atomic E-state index is 12.8. The molecule has 3 N–H and O–H groups in total. The number of aliphatic hydroxyl groups is 1. The summed E-state index contributed by atoms with van der Waals surface area (Å²) < 4.78 is 23.5. The van der Waals surface area contributed by atoms with Crippen LogP contribution in [0.5, 0.6) is 0 Å². The molecule has 0 rings (SSSR count). The molecule has 0 aliphatic heterocycles. The highest BCUT2D eigenvalue weighted by Crippen LogP contribution is 2.43. The SMILES string of the molecule is CCCC/C=C\CCCCCCCC(=O)NC(COP(=O)(O)OCC[N+](C)(C)C)C(O)/C=C/CC/C=C/CC/C=C/CCCCCCCCCCCCCCCCC. The third-order valence-electron chi connectivity index (χ3n) is 10.5. The molecule has 0 saturated carbocycles. The molecule has 0 aliphatic carbocycles. The Morgan fingerprint density at radius 1 is 0.569 bits per heavy atom. The molecule has 0 radical (unpaired) electrons. The fraction of sp³-hybridized carbons (Fsp3) is 0.816. The van der Waals surface area contributed by atoms with E-state index in [2.05, 4.69) is 55.6 Å². The van der Waals surface area contributed by atoms with Crippen LogP contribution < -0.4 is 5.32 Å². The lowest BCUT2D eigenvalue weighted by Gasteiger charge is -2.25. The van der Waals surface area contributed by atoms with Gasteiger partial charge < -0.3 is 19.8 Å². The molecule has 9 heteroatoms. The van der Waals surface area contributed by atoms with E-state index in [1.165, 1.54) is 116 Å². The lowest BCUT2D eigenvalue weighted by molar-refractivity contribution is -0.870. The normalized spacial score (nSPS) is 14.7. The molecule has 0 heterocycles. The molecule has 0 aromatic carbocycles. The number of aliphatic hydroxyl groups excluding tert-OH is 1. The molecule has 1 amide bonds. The first-order valence-electron chi connectivity index (χ1n) is 24.0. The minimum absolute atomic E-state index is 0.0509. The van der Waals surface area contributed by atoms with Crippen LogP contribution in [0.4, 0.5) is 0 Å². The van der Waals surface area contributed by atoms with E-state index in [0.717, 1.165) is 70.6 Å². The number of rotatable bonds is 43. The predicted octanol–water partition coefficient (Wildman–Crippen LogP) is 13.6. The van der Waals surface area contributed by atoms with Gasteiger partial charge in [-0.05, 0) is 64.2 Å². The summed E-state index contributed by atoms with van der Waals surface area (Å²) in [6.45, 7) is 4.73. The number of hydrogen-bond acceptors (Lipinski definition) is 5. The predicted molar refractivity (Wildman–Crippen MR) is 249 cm³/mol. The van der Waals surface area contributed by atoms with E-state index < -0.39 is 20.0 Å². The lowest BCUT2D eigenvalue weighted by atomic mass is 10.0. The highest BCUT2D eigenvalue weighted by molar-refractivity contribution is 7.47. The highest BCUT2D eigenvalue weighted by Gasteiger charge is 2.27. The topological polar surface area (TPSA) is 105 Å². The van der Waals surface area contributed by atoms with Crippen LogP contribution in [0.25, 0.3) is 0 Å². The summed E-state index contributed by atoms with van der Waals surface area (Å²) in [5, 5.41) is 13.8. The second-order valence-corrected chi connectivity index (χ2v) is 18.9. The smallest absolute Gasteiger partial charge is 0.387 e. The first-order chi connectivity index (χ1) is 28.0. The maximum Gasteiger partial charge on any atom is 0.472 e. The molecule has 0 bridgehead atoms. The number of phosphoric acid groups is 1. The van der Waals surface area contributed by atoms with Gasteiger partial charge in [0.15, 0.2) is 0 Å². The lowest BCUT2D eigenvalue weighted by Crippen LogP contribution is -2.45. The van der Waals surface area contributed by atoms with Crippen LogP contribution in [0.3, 0.4) is 0 Å². The number of carbonyl (C=O) groups is 1. The van der Waals surface area contributed by atoms with E-state index in [9.17, 15) is 19.4 Å². The number of carbonyl (C=O) groups excluding carboxylic acids is 1. The zero-order valence-electron chi connectivity index (χ0n) is 38.5. The molecule has 0 saturated heterocycles. The van der Waals surface area contributed by atoms with Crippen molar-refractivity contribution in [2.75, 3.05) is 40.9 Å². The van der Waals surface area contributed by atoms with E-state index in [0.29, 0.717) is 17.4 Å². The van der Waals surface area contributed by atoms with Crippen molar-refractivity contribution >= 4 is 13.7 Å². The largest absolute Gasteiger partial charge is 0.472 e. The Morgan fingerprint density at radius 2 is 0.966 bits per heavy atom. The van der Waals surface area contributed by atoms with Crippen molar-refractivity contribution in [1.29, 1.82) is 0 Å². The number of likely N-dealkylation sites (N-methyl/N-ethyl adjacent to an activating group) is 1. The number of nitrogens with one attached hydrogen (secondary N) is 1. The summed E-state index contributed by atoms with van der Waals surface area (Å²) in [5.41, 5.74) is 0. The summed E-state index contributed by atoms with van der Waals surface area (Å²) in [4.78, 5) is 23.1. The van der Waals surface area contributed by atoms with E-state index in [1.807, 2.05) is 27.2 Å². The molecule has 0 spiro atoms. The average Bonchev–Trinajstić information content (AvgIpc) is 3.17. The Labute approximate surface area is 359 Å². The van der Waals surface area contributed by atoms with Gasteiger partial charge in [-0.25, -0.2) is 4.57 Å². The van der Waals surface area contributed by atoms with E-state index in [4.69, 9.17) is 9.05 Å². The molecule has 340 valence electrons. The molecule has 0 aromatic heterocycles. The van der Waals surface area contributed by atoms with Crippen LogP contribution >= 0.6 is 7.82 Å². The van der Waals surface area contributed by atoms with Gasteiger partial charge in [0, 0.05) is 6.42 Å². The number of nitrogens with zero attached hydrogens (tertiary/aromatic N) is 1. The molecule has 8 nitrogen and oxygen atoms in total. The van der Waals surface area contributed by atoms with Crippen LogP contribution in [0, 0.1) is 0 Å². The molecule has 0 aliphatic rings. The van der Waals surface area contributed by atoms with Crippen molar-refractivity contribution in [3.8, 4) is 0 Å². The summed E-state index contributed by atoms with van der Waals surface area (Å²) in [6, 6.07) is -0.873. The molecule has 3 unspecified atom stereocenters. The Balaban J connectivity index is 4.35. The first-order valence-corrected chi connectivity index (χ1v) is 25.5. The molecular weight excluding hydrogens is 744 g/mol. The van der Waals surface area contributed by atoms with Gasteiger partial charge in [0.25, 0.3) is 0 Å². The molecule has 0 aromatic rings. The highest BCUT2D eigenvalue weighted by atomic mass is 31.2. The van der Waals surface area contributed by atoms with Gasteiger partial charge in [-0.2, -0.15) is 0 Å². The van der Waals surface area contributed by atoms with Crippen molar-refractivity contribution < 1.29 is 32.9 Å². The Bertz CT molecular complexity index is 1090. The summed E-state index contributed by atoms with van der Waals surface area (Å²) >= 11 is 0. The molecule has 3 atom stereocenters. The second-order valence-electron chi connectivity index (χ2n) is 17.5. The molecule has 0 fully saturated rings. The standard InChI is InChI=1S/C49H93N2O6P/c1-6-8-10-12-14-16-18-19-20-21-22-23-24-25-26-27-28-29-30-31-33-34-36-38-40-42-48(52)47(46-57-58(54,55)56-45-44-51(3,4)5)50-49(53)43-41-39-37-35-32-17-15-13-11-9-7-2/h13,15,28-29,33-34,40,42,47-48,52H,6-12,14,16-27,30-32,35-39,41,43-46H2,1-5H3,(H-,50,53,54,55)/p+1/b15-13-,29-28+,34-33+,42-40+. The maximum atomic E-state index is 12.8. The van der Waals surface area contributed by atoms with E-state index in [-0.39, 0.29) is 19.1 Å². The van der Waals surface area contributed by atoms with Gasteiger partial charge in [-0.15, -0.1) is 0 Å². The van der Waals surface area contributed by atoms with Gasteiger partial charge in [0.1, 0.15) is 13.2 Å². The number of hydrogen-bond donors (Lipinski definition) is 3. The summed E-state index contributed by atoms with van der Waals surface area (Å²) in [5.74, 6) is -0.203. The van der Waals surface area contributed by atoms with E-state index >= 15 is 0 Å². The number of quaternary nitrogens is 1. The third kappa shape index (κ3) is 42.6. The van der Waals surface area contributed by atoms with Crippen LogP contribution in [0.1, 0.15) is 206 Å². The second kappa shape index (κ2) is 40.8. The number of phosphoric ester groups is 1. The van der Waals surface area contributed by atoms with Gasteiger partial charge in [0.2, 0.25) is 5.91 Å². The fourth-order valence-corrected chi connectivity index (χ4v) is 7.38. The number of allylic oxidation sites excluding steroid dienone is 7. The fourth-order valence-electron chi connectivity index (χ4n) is 6.64. The number of unbranched alkanes of at least 4 members (excludes halogenated alkanes) is 24. The minimum Gasteiger partial charge on any atom is -0.387 e. The Morgan fingerprint density at radius 3 is 1.43 bits per heavy atom. The van der Waals surface area contributed by atoms with Gasteiger partial charge >= 0.3 is 7.82 Å². The van der Waals surface area contributed by atoms with Crippen LogP contribution in [0.2, 0.25) is 0 Å². The van der Waals surface area contributed by atoms with Crippen molar-refractivity contribution in [2.24, 2.45) is 0 Å².